The van der Waals surface area contributed by atoms with Crippen molar-refractivity contribution in [2.75, 3.05) is 0 Å². The van der Waals surface area contributed by atoms with Gasteiger partial charge in [0.15, 0.2) is 6.29 Å². The van der Waals surface area contributed by atoms with Crippen LogP contribution in [0.15, 0.2) is 12.1 Å². The van der Waals surface area contributed by atoms with Crippen LogP contribution in [0.5, 0.6) is 5.75 Å². The number of benzene rings is 1. The maximum atomic E-state index is 10.5. The lowest BCUT2D eigenvalue weighted by Gasteiger charge is -2.04. The summed E-state index contributed by atoms with van der Waals surface area (Å²) in [4.78, 5) is 10.5. The summed E-state index contributed by atoms with van der Waals surface area (Å²) in [6.07, 6.45) is 1.33. The van der Waals surface area contributed by atoms with E-state index in [0.717, 1.165) is 5.56 Å². The van der Waals surface area contributed by atoms with E-state index in [1.807, 2.05) is 6.92 Å². The fourth-order valence-corrected chi connectivity index (χ4v) is 1.32. The van der Waals surface area contributed by atoms with Crippen molar-refractivity contribution in [1.82, 2.24) is 0 Å². The Balaban J connectivity index is 3.33. The zero-order valence-electron chi connectivity index (χ0n) is 6.67. The number of phenolic OH excluding ortho intramolecular Hbond substituents is 1. The van der Waals surface area contributed by atoms with E-state index in [4.69, 9.17) is 11.6 Å². The maximum absolute atomic E-state index is 10.5. The first-order chi connectivity index (χ1) is 5.69. The van der Waals surface area contributed by atoms with Gasteiger partial charge in [0, 0.05) is 5.02 Å². The van der Waals surface area contributed by atoms with Gasteiger partial charge < -0.3 is 5.11 Å². The van der Waals surface area contributed by atoms with Crippen molar-refractivity contribution in [3.8, 4) is 5.75 Å². The smallest absolute Gasteiger partial charge is 0.154 e. The van der Waals surface area contributed by atoms with E-state index >= 15 is 0 Å². The quantitative estimate of drug-likeness (QED) is 0.717. The van der Waals surface area contributed by atoms with Gasteiger partial charge in [0.2, 0.25) is 0 Å². The number of halogens is 1. The lowest BCUT2D eigenvalue weighted by atomic mass is 10.1. The number of phenols is 1. The Morgan fingerprint density at radius 1 is 1.58 bits per heavy atom. The van der Waals surface area contributed by atoms with E-state index in [2.05, 4.69) is 0 Å². The number of aromatic hydroxyl groups is 1. The molecule has 0 saturated heterocycles. The Labute approximate surface area is 75.8 Å². The molecule has 0 bridgehead atoms. The van der Waals surface area contributed by atoms with E-state index < -0.39 is 0 Å². The summed E-state index contributed by atoms with van der Waals surface area (Å²) >= 11 is 5.68. The van der Waals surface area contributed by atoms with E-state index in [0.29, 0.717) is 23.3 Å². The van der Waals surface area contributed by atoms with E-state index in [-0.39, 0.29) is 5.75 Å². The molecule has 0 saturated carbocycles. The van der Waals surface area contributed by atoms with Crippen molar-refractivity contribution < 1.29 is 9.90 Å². The van der Waals surface area contributed by atoms with Crippen molar-refractivity contribution in [2.24, 2.45) is 0 Å². The molecule has 0 aliphatic carbocycles. The molecule has 0 aromatic heterocycles. The van der Waals surface area contributed by atoms with Gasteiger partial charge in [-0.15, -0.1) is 0 Å². The molecule has 1 aromatic rings. The van der Waals surface area contributed by atoms with Crippen LogP contribution in [0.25, 0.3) is 0 Å². The molecule has 0 heterocycles. The van der Waals surface area contributed by atoms with Gasteiger partial charge in [0.1, 0.15) is 5.75 Å². The van der Waals surface area contributed by atoms with Crippen molar-refractivity contribution in [1.29, 1.82) is 0 Å². The minimum atomic E-state index is -0.0469. The summed E-state index contributed by atoms with van der Waals surface area (Å²) in [6.45, 7) is 1.90. The lowest BCUT2D eigenvalue weighted by molar-refractivity contribution is 0.112. The first-order valence-corrected chi connectivity index (χ1v) is 4.03. The highest BCUT2D eigenvalue weighted by Crippen LogP contribution is 2.25. The van der Waals surface area contributed by atoms with E-state index in [1.165, 1.54) is 6.07 Å². The van der Waals surface area contributed by atoms with Crippen LogP contribution < -0.4 is 0 Å². The highest BCUT2D eigenvalue weighted by molar-refractivity contribution is 6.30. The normalized spacial score (nSPS) is 9.83. The van der Waals surface area contributed by atoms with E-state index in [1.54, 1.807) is 6.07 Å². The molecule has 12 heavy (non-hydrogen) atoms. The molecule has 1 aromatic carbocycles. The van der Waals surface area contributed by atoms with Crippen LogP contribution >= 0.6 is 11.6 Å². The molecular weight excluding hydrogens is 176 g/mol. The fraction of sp³-hybridized carbons (Fsp3) is 0.222. The van der Waals surface area contributed by atoms with Crippen molar-refractivity contribution in [2.45, 2.75) is 13.3 Å². The van der Waals surface area contributed by atoms with Gasteiger partial charge in [-0.2, -0.15) is 0 Å². The SMILES string of the molecule is CCc1cc(Cl)cc(O)c1C=O. The number of aryl methyl sites for hydroxylation is 1. The predicted octanol–water partition coefficient (Wildman–Crippen LogP) is 2.42. The molecule has 2 nitrogen and oxygen atoms in total. The molecule has 0 aliphatic rings. The third-order valence-corrected chi connectivity index (χ3v) is 1.93. The molecule has 1 rings (SSSR count). The highest BCUT2D eigenvalue weighted by Gasteiger charge is 2.06. The number of hydrogen-bond donors (Lipinski definition) is 1. The molecule has 3 heteroatoms. The minimum Gasteiger partial charge on any atom is -0.507 e. The first-order valence-electron chi connectivity index (χ1n) is 3.65. The predicted molar refractivity (Wildman–Crippen MR) is 47.9 cm³/mol. The molecule has 64 valence electrons. The number of rotatable bonds is 2. The number of aldehydes is 1. The molecule has 0 amide bonds. The third-order valence-electron chi connectivity index (χ3n) is 1.71. The summed E-state index contributed by atoms with van der Waals surface area (Å²) < 4.78 is 0. The van der Waals surface area contributed by atoms with E-state index in [9.17, 15) is 9.90 Å². The molecule has 0 unspecified atom stereocenters. The molecule has 0 aliphatic heterocycles. The Morgan fingerprint density at radius 3 is 2.75 bits per heavy atom. The van der Waals surface area contributed by atoms with Crippen LogP contribution in [0.2, 0.25) is 5.02 Å². The van der Waals surface area contributed by atoms with Gasteiger partial charge >= 0.3 is 0 Å². The lowest BCUT2D eigenvalue weighted by Crippen LogP contribution is -1.91. The van der Waals surface area contributed by atoms with Gasteiger partial charge in [0.25, 0.3) is 0 Å². The van der Waals surface area contributed by atoms with Crippen molar-refractivity contribution >= 4 is 17.9 Å². The van der Waals surface area contributed by atoms with Gasteiger partial charge in [-0.3, -0.25) is 4.79 Å². The van der Waals surface area contributed by atoms with Crippen molar-refractivity contribution in [3.63, 3.8) is 0 Å². The topological polar surface area (TPSA) is 37.3 Å². The second kappa shape index (κ2) is 3.59. The Bertz CT molecular complexity index is 308. The second-order valence-electron chi connectivity index (χ2n) is 2.47. The molecule has 0 fully saturated rings. The minimum absolute atomic E-state index is 0.0469. The average Bonchev–Trinajstić information content (AvgIpc) is 2.03. The molecule has 1 N–H and O–H groups in total. The third kappa shape index (κ3) is 1.59. The summed E-state index contributed by atoms with van der Waals surface area (Å²) in [5.74, 6) is -0.0469. The number of hydrogen-bond acceptors (Lipinski definition) is 2. The standard InChI is InChI=1S/C9H9ClO2/c1-2-6-3-7(10)4-9(12)8(6)5-11/h3-5,12H,2H2,1H3. The largest absolute Gasteiger partial charge is 0.507 e. The maximum Gasteiger partial charge on any atom is 0.154 e. The van der Waals surface area contributed by atoms with Crippen LogP contribution in [0.4, 0.5) is 0 Å². The average molecular weight is 185 g/mol. The van der Waals surface area contributed by atoms with Crippen LogP contribution in [0.1, 0.15) is 22.8 Å². The fourth-order valence-electron chi connectivity index (χ4n) is 1.09. The summed E-state index contributed by atoms with van der Waals surface area (Å²) in [7, 11) is 0. The summed E-state index contributed by atoms with van der Waals surface area (Å²) in [6, 6.07) is 3.05. The number of carbonyl (C=O) groups excluding carboxylic acids is 1. The molecule has 0 spiro atoms. The van der Waals surface area contributed by atoms with Crippen LogP contribution in [0.3, 0.4) is 0 Å². The number of carbonyl (C=O) groups is 1. The molecule has 0 atom stereocenters. The highest BCUT2D eigenvalue weighted by atomic mass is 35.5. The Hall–Kier alpha value is -1.02. The van der Waals surface area contributed by atoms with Gasteiger partial charge in [0.05, 0.1) is 5.56 Å². The Morgan fingerprint density at radius 2 is 2.25 bits per heavy atom. The zero-order valence-corrected chi connectivity index (χ0v) is 7.43. The summed E-state index contributed by atoms with van der Waals surface area (Å²) in [5, 5.41) is 9.74. The van der Waals surface area contributed by atoms with Gasteiger partial charge in [-0.05, 0) is 24.1 Å². The zero-order chi connectivity index (χ0) is 9.14. The van der Waals surface area contributed by atoms with Crippen molar-refractivity contribution in [3.05, 3.63) is 28.3 Å². The van der Waals surface area contributed by atoms with Gasteiger partial charge in [-0.1, -0.05) is 18.5 Å². The molecule has 0 radical (unpaired) electrons. The van der Waals surface area contributed by atoms with Crippen LogP contribution in [0, 0.1) is 0 Å². The first kappa shape index (κ1) is 9.07. The second-order valence-corrected chi connectivity index (χ2v) is 2.91. The summed E-state index contributed by atoms with van der Waals surface area (Å²) in [5.41, 5.74) is 1.11. The molecular formula is C9H9ClO2. The Kier molecular flexibility index (Phi) is 2.71. The monoisotopic (exact) mass is 184 g/mol. The van der Waals surface area contributed by atoms with Crippen LogP contribution in [-0.4, -0.2) is 11.4 Å². The van der Waals surface area contributed by atoms with Crippen LogP contribution in [-0.2, 0) is 6.42 Å². The van der Waals surface area contributed by atoms with Gasteiger partial charge in [-0.25, -0.2) is 0 Å².